The summed E-state index contributed by atoms with van der Waals surface area (Å²) >= 11 is 0. The molecule has 0 spiro atoms. The Hall–Kier alpha value is -3.06. The van der Waals surface area contributed by atoms with Gasteiger partial charge in [0.1, 0.15) is 5.75 Å². The van der Waals surface area contributed by atoms with Gasteiger partial charge in [0.25, 0.3) is 0 Å². The summed E-state index contributed by atoms with van der Waals surface area (Å²) in [5, 5.41) is 4.69. The SMILES string of the molecule is [C-]#[N+]COc1ccc2c(c1)c1cc3cnccc3c(C)c1n2C. The molecule has 4 rings (SSSR count). The first-order chi connectivity index (χ1) is 11.2. The molecule has 0 atom stereocenters. The zero-order chi connectivity index (χ0) is 16.0. The van der Waals surface area contributed by atoms with Gasteiger partial charge in [-0.15, -0.1) is 0 Å². The standard InChI is InChI=1S/C19H15N3O/c1-12-15-6-7-21-10-13(15)8-17-16-9-14(23-11-20-2)4-5-18(16)22(3)19(12)17/h4-10H,11H2,1,3H3. The predicted molar refractivity (Wildman–Crippen MR) is 92.6 cm³/mol. The van der Waals surface area contributed by atoms with E-state index in [0.717, 1.165) is 22.0 Å². The Labute approximate surface area is 133 Å². The van der Waals surface area contributed by atoms with Crippen molar-refractivity contribution in [2.45, 2.75) is 6.92 Å². The molecule has 2 aromatic carbocycles. The van der Waals surface area contributed by atoms with E-state index in [0.29, 0.717) is 0 Å². The van der Waals surface area contributed by atoms with E-state index in [4.69, 9.17) is 11.3 Å². The van der Waals surface area contributed by atoms with Crippen LogP contribution in [0.4, 0.5) is 0 Å². The topological polar surface area (TPSA) is 31.4 Å². The molecule has 0 unspecified atom stereocenters. The highest BCUT2D eigenvalue weighted by Crippen LogP contribution is 2.36. The molecule has 0 saturated carbocycles. The third-order valence-corrected chi connectivity index (χ3v) is 4.42. The van der Waals surface area contributed by atoms with Crippen LogP contribution >= 0.6 is 0 Å². The maximum Gasteiger partial charge on any atom is 0.357 e. The van der Waals surface area contributed by atoms with Crippen LogP contribution in [0.2, 0.25) is 0 Å². The number of hydrogen-bond acceptors (Lipinski definition) is 2. The van der Waals surface area contributed by atoms with Crippen LogP contribution in [0.25, 0.3) is 37.4 Å². The first kappa shape index (κ1) is 13.6. The fourth-order valence-electron chi connectivity index (χ4n) is 3.39. The van der Waals surface area contributed by atoms with Gasteiger partial charge in [0.15, 0.2) is 0 Å². The number of rotatable bonds is 2. The van der Waals surface area contributed by atoms with Crippen LogP contribution in [0, 0.1) is 13.5 Å². The highest BCUT2D eigenvalue weighted by molar-refractivity contribution is 6.14. The summed E-state index contributed by atoms with van der Waals surface area (Å²) in [5.41, 5.74) is 3.63. The average Bonchev–Trinajstić information content (AvgIpc) is 2.86. The van der Waals surface area contributed by atoms with Crippen molar-refractivity contribution >= 4 is 32.6 Å². The Morgan fingerprint density at radius 3 is 2.87 bits per heavy atom. The van der Waals surface area contributed by atoms with Crippen LogP contribution in [-0.4, -0.2) is 16.3 Å². The van der Waals surface area contributed by atoms with Gasteiger partial charge in [0.2, 0.25) is 0 Å². The maximum absolute atomic E-state index is 6.86. The first-order valence-electron chi connectivity index (χ1n) is 7.42. The van der Waals surface area contributed by atoms with Gasteiger partial charge < -0.3 is 9.30 Å². The van der Waals surface area contributed by atoms with E-state index in [-0.39, 0.29) is 6.73 Å². The second-order valence-corrected chi connectivity index (χ2v) is 5.66. The number of ether oxygens (including phenoxy) is 1. The van der Waals surface area contributed by atoms with E-state index in [1.807, 2.05) is 24.5 Å². The fraction of sp³-hybridized carbons (Fsp3) is 0.158. The van der Waals surface area contributed by atoms with Gasteiger partial charge in [-0.1, -0.05) is 0 Å². The molecule has 0 aliphatic rings. The van der Waals surface area contributed by atoms with Crippen molar-refractivity contribution in [1.82, 2.24) is 9.55 Å². The summed E-state index contributed by atoms with van der Waals surface area (Å²) in [4.78, 5) is 7.49. The number of hydrogen-bond donors (Lipinski definition) is 0. The molecule has 2 aromatic heterocycles. The lowest BCUT2D eigenvalue weighted by Gasteiger charge is -2.06. The third-order valence-electron chi connectivity index (χ3n) is 4.42. The van der Waals surface area contributed by atoms with Gasteiger partial charge in [-0.25, -0.2) is 6.57 Å². The van der Waals surface area contributed by atoms with Gasteiger partial charge in [-0.2, -0.15) is 0 Å². The van der Waals surface area contributed by atoms with E-state index in [1.165, 1.54) is 21.9 Å². The van der Waals surface area contributed by atoms with E-state index >= 15 is 0 Å². The zero-order valence-corrected chi connectivity index (χ0v) is 13.0. The van der Waals surface area contributed by atoms with E-state index < -0.39 is 0 Å². The van der Waals surface area contributed by atoms with Gasteiger partial charge in [0, 0.05) is 41.1 Å². The molecule has 0 aliphatic carbocycles. The maximum atomic E-state index is 6.86. The Kier molecular flexibility index (Phi) is 2.95. The van der Waals surface area contributed by atoms with Crippen molar-refractivity contribution in [2.75, 3.05) is 6.73 Å². The smallest absolute Gasteiger partial charge is 0.357 e. The van der Waals surface area contributed by atoms with Crippen LogP contribution in [0.3, 0.4) is 0 Å². The van der Waals surface area contributed by atoms with Crippen molar-refractivity contribution in [3.05, 3.63) is 59.7 Å². The Bertz CT molecular complexity index is 1100. The van der Waals surface area contributed by atoms with Crippen LogP contribution in [0.5, 0.6) is 5.75 Å². The normalized spacial score (nSPS) is 11.2. The van der Waals surface area contributed by atoms with Crippen LogP contribution in [0.1, 0.15) is 5.56 Å². The molecule has 0 fully saturated rings. The number of aromatic nitrogens is 2. The van der Waals surface area contributed by atoms with Crippen LogP contribution < -0.4 is 4.74 Å². The molecule has 4 nitrogen and oxygen atoms in total. The van der Waals surface area contributed by atoms with Crippen LogP contribution in [-0.2, 0) is 7.05 Å². The third kappa shape index (κ3) is 1.94. The average molecular weight is 301 g/mol. The van der Waals surface area contributed by atoms with Gasteiger partial charge in [0.05, 0.1) is 5.52 Å². The highest BCUT2D eigenvalue weighted by atomic mass is 16.5. The Balaban J connectivity index is 2.11. The number of benzene rings is 2. The minimum atomic E-state index is 0.0438. The number of fused-ring (bicyclic) bond motifs is 4. The second kappa shape index (κ2) is 4.99. The summed E-state index contributed by atoms with van der Waals surface area (Å²) in [6.07, 6.45) is 3.74. The summed E-state index contributed by atoms with van der Waals surface area (Å²) in [5.74, 6) is 0.727. The molecule has 0 radical (unpaired) electrons. The Morgan fingerprint density at radius 1 is 1.17 bits per heavy atom. The molecule has 112 valence electrons. The predicted octanol–water partition coefficient (Wildman–Crippen LogP) is 4.44. The van der Waals surface area contributed by atoms with E-state index in [9.17, 15) is 0 Å². The van der Waals surface area contributed by atoms with Crippen molar-refractivity contribution in [1.29, 1.82) is 0 Å². The van der Waals surface area contributed by atoms with Crippen LogP contribution in [0.15, 0.2) is 42.7 Å². The molecular formula is C19H15N3O. The number of aryl methyl sites for hydroxylation is 2. The monoisotopic (exact) mass is 301 g/mol. The minimum Gasteiger partial charge on any atom is -0.426 e. The molecule has 4 aromatic rings. The van der Waals surface area contributed by atoms with Gasteiger partial charge in [-0.05, 0) is 48.2 Å². The summed E-state index contributed by atoms with van der Waals surface area (Å²) < 4.78 is 7.68. The summed E-state index contributed by atoms with van der Waals surface area (Å²) in [6, 6.07) is 10.2. The van der Waals surface area contributed by atoms with Crippen molar-refractivity contribution in [3.63, 3.8) is 0 Å². The lowest BCUT2D eigenvalue weighted by atomic mass is 10.0. The van der Waals surface area contributed by atoms with Crippen molar-refractivity contribution in [3.8, 4) is 5.75 Å². The molecule has 0 N–H and O–H groups in total. The Morgan fingerprint density at radius 2 is 2.04 bits per heavy atom. The lowest BCUT2D eigenvalue weighted by molar-refractivity contribution is 0.361. The zero-order valence-electron chi connectivity index (χ0n) is 13.0. The van der Waals surface area contributed by atoms with Gasteiger partial charge >= 0.3 is 6.73 Å². The van der Waals surface area contributed by atoms with Crippen molar-refractivity contribution < 1.29 is 4.74 Å². The minimum absolute atomic E-state index is 0.0438. The quantitative estimate of drug-likeness (QED) is 0.512. The first-order valence-corrected chi connectivity index (χ1v) is 7.42. The molecule has 2 heterocycles. The molecule has 0 saturated heterocycles. The largest absolute Gasteiger partial charge is 0.426 e. The molecule has 0 aliphatic heterocycles. The van der Waals surface area contributed by atoms with E-state index in [2.05, 4.69) is 46.6 Å². The lowest BCUT2D eigenvalue weighted by Crippen LogP contribution is -1.92. The molecular weight excluding hydrogens is 286 g/mol. The number of pyridine rings is 1. The van der Waals surface area contributed by atoms with Crippen molar-refractivity contribution in [2.24, 2.45) is 7.05 Å². The molecule has 0 bridgehead atoms. The molecule has 4 heteroatoms. The highest BCUT2D eigenvalue weighted by Gasteiger charge is 2.14. The molecule has 0 amide bonds. The second-order valence-electron chi connectivity index (χ2n) is 5.66. The number of nitrogens with zero attached hydrogens (tertiary/aromatic N) is 3. The fourth-order valence-corrected chi connectivity index (χ4v) is 3.39. The summed E-state index contributed by atoms with van der Waals surface area (Å²) in [7, 11) is 2.09. The van der Waals surface area contributed by atoms with E-state index in [1.54, 1.807) is 0 Å². The molecule has 23 heavy (non-hydrogen) atoms. The van der Waals surface area contributed by atoms with Gasteiger partial charge in [-0.3, -0.25) is 9.83 Å². The summed E-state index contributed by atoms with van der Waals surface area (Å²) in [6.45, 7) is 9.05.